The number of benzene rings is 2. The van der Waals surface area contributed by atoms with Gasteiger partial charge in [-0.15, -0.1) is 0 Å². The zero-order chi connectivity index (χ0) is 15.2. The molecule has 2 N–H and O–H groups in total. The van der Waals surface area contributed by atoms with Crippen molar-refractivity contribution in [2.45, 2.75) is 32.7 Å². The SMILES string of the molecule is Cc1cccc(OCCC(N)Cc2ccc(F)cc2C)c1. The Labute approximate surface area is 125 Å². The lowest BCUT2D eigenvalue weighted by Crippen LogP contribution is -2.25. The van der Waals surface area contributed by atoms with E-state index >= 15 is 0 Å². The van der Waals surface area contributed by atoms with Gasteiger partial charge in [0.15, 0.2) is 0 Å². The largest absolute Gasteiger partial charge is 0.494 e. The van der Waals surface area contributed by atoms with Gasteiger partial charge in [-0.25, -0.2) is 4.39 Å². The third-order valence-electron chi connectivity index (χ3n) is 3.53. The zero-order valence-corrected chi connectivity index (χ0v) is 12.6. The molecule has 0 saturated carbocycles. The van der Waals surface area contributed by atoms with Crippen LogP contribution in [0.2, 0.25) is 0 Å². The first-order valence-corrected chi connectivity index (χ1v) is 7.24. The minimum atomic E-state index is -0.201. The molecule has 0 amide bonds. The Morgan fingerprint density at radius 1 is 1.14 bits per heavy atom. The number of aryl methyl sites for hydroxylation is 2. The molecule has 3 heteroatoms. The van der Waals surface area contributed by atoms with Crippen molar-refractivity contribution < 1.29 is 9.13 Å². The smallest absolute Gasteiger partial charge is 0.123 e. The van der Waals surface area contributed by atoms with Gasteiger partial charge in [0.1, 0.15) is 11.6 Å². The van der Waals surface area contributed by atoms with E-state index in [2.05, 4.69) is 0 Å². The first-order chi connectivity index (χ1) is 10.0. The Morgan fingerprint density at radius 3 is 2.67 bits per heavy atom. The van der Waals surface area contributed by atoms with Crippen LogP contribution in [-0.2, 0) is 6.42 Å². The monoisotopic (exact) mass is 287 g/mol. The molecule has 0 fully saturated rings. The summed E-state index contributed by atoms with van der Waals surface area (Å²) in [4.78, 5) is 0. The lowest BCUT2D eigenvalue weighted by Gasteiger charge is -2.14. The Balaban J connectivity index is 1.81. The lowest BCUT2D eigenvalue weighted by molar-refractivity contribution is 0.297. The number of nitrogens with two attached hydrogens (primary N) is 1. The maximum absolute atomic E-state index is 13.1. The van der Waals surface area contributed by atoms with Crippen molar-refractivity contribution in [3.05, 3.63) is 65.0 Å². The molecule has 112 valence electrons. The summed E-state index contributed by atoms with van der Waals surface area (Å²) in [5.41, 5.74) is 9.36. The van der Waals surface area contributed by atoms with Gasteiger partial charge in [0, 0.05) is 6.04 Å². The molecule has 0 spiro atoms. The summed E-state index contributed by atoms with van der Waals surface area (Å²) in [6, 6.07) is 12.8. The summed E-state index contributed by atoms with van der Waals surface area (Å²) in [6.07, 6.45) is 1.51. The summed E-state index contributed by atoms with van der Waals surface area (Å²) in [7, 11) is 0. The fraction of sp³-hybridized carbons (Fsp3) is 0.333. The van der Waals surface area contributed by atoms with E-state index in [1.54, 1.807) is 6.07 Å². The zero-order valence-electron chi connectivity index (χ0n) is 12.6. The molecule has 2 nitrogen and oxygen atoms in total. The summed E-state index contributed by atoms with van der Waals surface area (Å²) < 4.78 is 18.8. The van der Waals surface area contributed by atoms with Gasteiger partial charge in [-0.1, -0.05) is 18.2 Å². The van der Waals surface area contributed by atoms with Gasteiger partial charge in [-0.2, -0.15) is 0 Å². The summed E-state index contributed by atoms with van der Waals surface area (Å²) in [5.74, 6) is 0.674. The molecule has 0 heterocycles. The van der Waals surface area contributed by atoms with Crippen molar-refractivity contribution in [2.24, 2.45) is 5.73 Å². The molecule has 0 aromatic heterocycles. The summed E-state index contributed by atoms with van der Waals surface area (Å²) in [6.45, 7) is 4.54. The van der Waals surface area contributed by atoms with Crippen molar-refractivity contribution in [3.63, 3.8) is 0 Å². The summed E-state index contributed by atoms with van der Waals surface area (Å²) in [5, 5.41) is 0. The second-order valence-corrected chi connectivity index (χ2v) is 5.49. The number of ether oxygens (including phenoxy) is 1. The molecule has 0 bridgehead atoms. The van der Waals surface area contributed by atoms with Gasteiger partial charge >= 0.3 is 0 Å². The molecule has 0 radical (unpaired) electrons. The molecular weight excluding hydrogens is 265 g/mol. The average Bonchev–Trinajstić information content (AvgIpc) is 2.42. The first kappa shape index (κ1) is 15.5. The van der Waals surface area contributed by atoms with E-state index < -0.39 is 0 Å². The van der Waals surface area contributed by atoms with Crippen LogP contribution in [0.3, 0.4) is 0 Å². The van der Waals surface area contributed by atoms with E-state index in [9.17, 15) is 4.39 Å². The topological polar surface area (TPSA) is 35.2 Å². The quantitative estimate of drug-likeness (QED) is 0.877. The molecule has 2 aromatic carbocycles. The van der Waals surface area contributed by atoms with Crippen LogP contribution < -0.4 is 10.5 Å². The van der Waals surface area contributed by atoms with Gasteiger partial charge in [0.25, 0.3) is 0 Å². The third-order valence-corrected chi connectivity index (χ3v) is 3.53. The average molecular weight is 287 g/mol. The summed E-state index contributed by atoms with van der Waals surface area (Å²) >= 11 is 0. The maximum atomic E-state index is 13.1. The standard InChI is InChI=1S/C18H22FNO/c1-13-4-3-5-18(10-13)21-9-8-17(20)12-15-6-7-16(19)11-14(15)2/h3-7,10-11,17H,8-9,12,20H2,1-2H3. The fourth-order valence-corrected chi connectivity index (χ4v) is 2.31. The van der Waals surface area contributed by atoms with Crippen LogP contribution in [-0.4, -0.2) is 12.6 Å². The highest BCUT2D eigenvalue weighted by Gasteiger charge is 2.07. The number of hydrogen-bond donors (Lipinski definition) is 1. The predicted molar refractivity (Wildman–Crippen MR) is 84.1 cm³/mol. The van der Waals surface area contributed by atoms with Crippen LogP contribution in [0.25, 0.3) is 0 Å². The van der Waals surface area contributed by atoms with E-state index in [-0.39, 0.29) is 11.9 Å². The highest BCUT2D eigenvalue weighted by molar-refractivity contribution is 5.28. The normalized spacial score (nSPS) is 12.2. The van der Waals surface area contributed by atoms with Crippen LogP contribution in [0.5, 0.6) is 5.75 Å². The molecule has 1 unspecified atom stereocenters. The number of hydrogen-bond acceptors (Lipinski definition) is 2. The van der Waals surface area contributed by atoms with Gasteiger partial charge in [-0.3, -0.25) is 0 Å². The van der Waals surface area contributed by atoms with Crippen LogP contribution >= 0.6 is 0 Å². The second-order valence-electron chi connectivity index (χ2n) is 5.49. The Hall–Kier alpha value is -1.87. The van der Waals surface area contributed by atoms with Crippen molar-refractivity contribution in [1.29, 1.82) is 0 Å². The molecule has 2 rings (SSSR count). The molecule has 0 aliphatic heterocycles. The molecule has 21 heavy (non-hydrogen) atoms. The Morgan fingerprint density at radius 2 is 1.95 bits per heavy atom. The van der Waals surface area contributed by atoms with Gasteiger partial charge in [0.05, 0.1) is 6.61 Å². The van der Waals surface area contributed by atoms with E-state index in [4.69, 9.17) is 10.5 Å². The number of halogens is 1. The van der Waals surface area contributed by atoms with E-state index in [0.29, 0.717) is 6.61 Å². The van der Waals surface area contributed by atoms with Gasteiger partial charge in [-0.05, 0) is 67.6 Å². The van der Waals surface area contributed by atoms with Crippen LogP contribution in [0.15, 0.2) is 42.5 Å². The maximum Gasteiger partial charge on any atom is 0.123 e. The Kier molecular flexibility index (Phi) is 5.34. The predicted octanol–water partition coefficient (Wildman–Crippen LogP) is 3.78. The molecule has 0 aliphatic rings. The van der Waals surface area contributed by atoms with E-state index in [1.165, 1.54) is 11.6 Å². The van der Waals surface area contributed by atoms with Gasteiger partial charge < -0.3 is 10.5 Å². The third kappa shape index (κ3) is 4.87. The van der Waals surface area contributed by atoms with Crippen molar-refractivity contribution in [3.8, 4) is 5.75 Å². The molecular formula is C18H22FNO. The fourth-order valence-electron chi connectivity index (χ4n) is 2.31. The first-order valence-electron chi connectivity index (χ1n) is 7.24. The molecule has 2 aromatic rings. The van der Waals surface area contributed by atoms with Crippen LogP contribution in [0.1, 0.15) is 23.1 Å². The lowest BCUT2D eigenvalue weighted by atomic mass is 10.00. The Bertz CT molecular complexity index is 598. The molecule has 0 saturated heterocycles. The van der Waals surface area contributed by atoms with E-state index in [0.717, 1.165) is 29.7 Å². The second kappa shape index (κ2) is 7.23. The molecule has 1 atom stereocenters. The van der Waals surface area contributed by atoms with Gasteiger partial charge in [0.2, 0.25) is 0 Å². The van der Waals surface area contributed by atoms with Crippen LogP contribution in [0.4, 0.5) is 4.39 Å². The highest BCUT2D eigenvalue weighted by Crippen LogP contribution is 2.15. The van der Waals surface area contributed by atoms with Crippen LogP contribution in [0, 0.1) is 19.7 Å². The minimum absolute atomic E-state index is 0.0129. The van der Waals surface area contributed by atoms with E-state index in [1.807, 2.05) is 44.2 Å². The van der Waals surface area contributed by atoms with Crippen molar-refractivity contribution >= 4 is 0 Å². The highest BCUT2D eigenvalue weighted by atomic mass is 19.1. The number of rotatable bonds is 6. The minimum Gasteiger partial charge on any atom is -0.494 e. The van der Waals surface area contributed by atoms with Crippen molar-refractivity contribution in [1.82, 2.24) is 0 Å². The van der Waals surface area contributed by atoms with Crippen molar-refractivity contribution in [2.75, 3.05) is 6.61 Å². The molecule has 0 aliphatic carbocycles.